The second-order valence-corrected chi connectivity index (χ2v) is 6.93. The average Bonchev–Trinajstić information content (AvgIpc) is 2.38. The Bertz CT molecular complexity index is 732. The molecule has 106 valence electrons. The van der Waals surface area contributed by atoms with E-state index in [1.165, 1.54) is 13.2 Å². The van der Waals surface area contributed by atoms with Gasteiger partial charge in [0.15, 0.2) is 9.84 Å². The van der Waals surface area contributed by atoms with Crippen molar-refractivity contribution in [1.82, 2.24) is 4.98 Å². The van der Waals surface area contributed by atoms with Crippen LogP contribution >= 0.6 is 15.9 Å². The number of anilines is 1. The van der Waals surface area contributed by atoms with Crippen LogP contribution in [0.1, 0.15) is 5.56 Å². The largest absolute Gasteiger partial charge is 0.481 e. The molecule has 0 atom stereocenters. The quantitative estimate of drug-likeness (QED) is 0.850. The molecule has 0 bridgehead atoms. The van der Waals surface area contributed by atoms with Gasteiger partial charge in [0.25, 0.3) is 0 Å². The number of halogens is 1. The maximum Gasteiger partial charge on any atom is 0.217 e. The minimum absolute atomic E-state index is 0.188. The fourth-order valence-electron chi connectivity index (χ4n) is 1.77. The summed E-state index contributed by atoms with van der Waals surface area (Å²) in [7, 11) is -2.06. The van der Waals surface area contributed by atoms with Gasteiger partial charge in [-0.05, 0) is 40.2 Å². The molecule has 0 aliphatic heterocycles. The van der Waals surface area contributed by atoms with Gasteiger partial charge in [0.2, 0.25) is 5.88 Å². The summed E-state index contributed by atoms with van der Waals surface area (Å²) in [6.07, 6.45) is 1.55. The van der Waals surface area contributed by atoms with Gasteiger partial charge in [-0.2, -0.15) is 0 Å². The molecule has 0 aliphatic rings. The highest BCUT2D eigenvalue weighted by atomic mass is 79.9. The van der Waals surface area contributed by atoms with Crippen molar-refractivity contribution in [2.24, 2.45) is 0 Å². The molecule has 0 saturated heterocycles. The first-order valence-corrected chi connectivity index (χ1v) is 8.14. The van der Waals surface area contributed by atoms with Gasteiger partial charge < -0.3 is 10.5 Å². The van der Waals surface area contributed by atoms with Crippen molar-refractivity contribution in [2.45, 2.75) is 10.6 Å². The highest BCUT2D eigenvalue weighted by molar-refractivity contribution is 9.10. The molecule has 0 aliphatic carbocycles. The fraction of sp³-hybridized carbons (Fsp3) is 0.154. The first-order valence-electron chi connectivity index (χ1n) is 5.69. The number of hydrogen-bond acceptors (Lipinski definition) is 5. The SMILES string of the molecule is COc1ncccc1CS(=O)(=O)c1ccc(N)cc1Br. The fourth-order valence-corrected chi connectivity index (χ4v) is 4.32. The summed E-state index contributed by atoms with van der Waals surface area (Å²) in [6.45, 7) is 0. The summed E-state index contributed by atoms with van der Waals surface area (Å²) in [5.41, 5.74) is 6.62. The Morgan fingerprint density at radius 2 is 2.10 bits per heavy atom. The molecule has 5 nitrogen and oxygen atoms in total. The molecular weight excluding hydrogens is 344 g/mol. The van der Waals surface area contributed by atoms with Crippen LogP contribution in [0.25, 0.3) is 0 Å². The lowest BCUT2D eigenvalue weighted by Crippen LogP contribution is -2.08. The molecule has 1 aromatic carbocycles. The van der Waals surface area contributed by atoms with E-state index in [1.807, 2.05) is 0 Å². The number of sulfone groups is 1. The molecule has 2 aromatic rings. The summed E-state index contributed by atoms with van der Waals surface area (Å²) < 4.78 is 30.4. The Kier molecular flexibility index (Phi) is 4.29. The number of hydrogen-bond donors (Lipinski definition) is 1. The minimum atomic E-state index is -3.52. The summed E-state index contributed by atoms with van der Waals surface area (Å²) >= 11 is 3.23. The molecule has 0 unspecified atom stereocenters. The van der Waals surface area contributed by atoms with Gasteiger partial charge in [-0.3, -0.25) is 0 Å². The normalized spacial score (nSPS) is 11.3. The topological polar surface area (TPSA) is 82.3 Å². The molecule has 2 N–H and O–H groups in total. The van der Waals surface area contributed by atoms with Crippen LogP contribution in [0.4, 0.5) is 5.69 Å². The van der Waals surface area contributed by atoms with Crippen LogP contribution < -0.4 is 10.5 Å². The Labute approximate surface area is 125 Å². The number of methoxy groups -OCH3 is 1. The van der Waals surface area contributed by atoms with E-state index in [-0.39, 0.29) is 10.6 Å². The van der Waals surface area contributed by atoms with E-state index >= 15 is 0 Å². The van der Waals surface area contributed by atoms with E-state index in [0.29, 0.717) is 21.6 Å². The molecule has 0 radical (unpaired) electrons. The predicted octanol–water partition coefficient (Wildman–Crippen LogP) is 2.41. The van der Waals surface area contributed by atoms with Gasteiger partial charge in [-0.15, -0.1) is 0 Å². The molecule has 1 aromatic heterocycles. The molecule has 2 rings (SSSR count). The third-order valence-corrected chi connectivity index (χ3v) is 5.32. The molecule has 0 amide bonds. The van der Waals surface area contributed by atoms with E-state index in [0.717, 1.165) is 0 Å². The van der Waals surface area contributed by atoms with Crippen LogP contribution in [0.5, 0.6) is 5.88 Å². The molecule has 20 heavy (non-hydrogen) atoms. The maximum absolute atomic E-state index is 12.4. The number of nitrogens with two attached hydrogens (primary N) is 1. The van der Waals surface area contributed by atoms with Crippen LogP contribution in [0.2, 0.25) is 0 Å². The van der Waals surface area contributed by atoms with Crippen LogP contribution in [-0.4, -0.2) is 20.5 Å². The first-order chi connectivity index (χ1) is 9.44. The van der Waals surface area contributed by atoms with Crippen LogP contribution in [0.3, 0.4) is 0 Å². The number of aromatic nitrogens is 1. The van der Waals surface area contributed by atoms with Crippen molar-refractivity contribution in [3.63, 3.8) is 0 Å². The zero-order valence-electron chi connectivity index (χ0n) is 10.7. The van der Waals surface area contributed by atoms with Gasteiger partial charge >= 0.3 is 0 Å². The van der Waals surface area contributed by atoms with Crippen molar-refractivity contribution in [3.05, 3.63) is 46.6 Å². The standard InChI is InChI=1S/C13H13BrN2O3S/c1-19-13-9(3-2-6-16-13)8-20(17,18)12-5-4-10(15)7-11(12)14/h2-7H,8,15H2,1H3. The average molecular weight is 357 g/mol. The second-order valence-electron chi connectivity index (χ2n) is 4.12. The number of benzene rings is 1. The molecule has 0 spiro atoms. The highest BCUT2D eigenvalue weighted by Gasteiger charge is 2.21. The van der Waals surface area contributed by atoms with Crippen LogP contribution in [-0.2, 0) is 15.6 Å². The van der Waals surface area contributed by atoms with E-state index in [2.05, 4.69) is 20.9 Å². The van der Waals surface area contributed by atoms with E-state index < -0.39 is 9.84 Å². The Balaban J connectivity index is 2.41. The molecule has 0 fully saturated rings. The molecule has 7 heteroatoms. The van der Waals surface area contributed by atoms with E-state index in [4.69, 9.17) is 10.5 Å². The van der Waals surface area contributed by atoms with E-state index in [9.17, 15) is 8.42 Å². The van der Waals surface area contributed by atoms with Gasteiger partial charge in [-0.1, -0.05) is 6.07 Å². The monoisotopic (exact) mass is 356 g/mol. The number of nitrogen functional groups attached to an aromatic ring is 1. The Hall–Kier alpha value is -1.60. The van der Waals surface area contributed by atoms with Crippen molar-refractivity contribution < 1.29 is 13.2 Å². The summed E-state index contributed by atoms with van der Waals surface area (Å²) in [5.74, 6) is 0.120. The van der Waals surface area contributed by atoms with Gasteiger partial charge in [0, 0.05) is 21.9 Å². The maximum atomic E-state index is 12.4. The Morgan fingerprint density at radius 3 is 2.75 bits per heavy atom. The summed E-state index contributed by atoms with van der Waals surface area (Å²) in [4.78, 5) is 4.19. The van der Waals surface area contributed by atoms with Crippen molar-refractivity contribution in [3.8, 4) is 5.88 Å². The van der Waals surface area contributed by atoms with Crippen LogP contribution in [0.15, 0.2) is 45.9 Å². The number of nitrogens with zero attached hydrogens (tertiary/aromatic N) is 1. The molecular formula is C13H13BrN2O3S. The lowest BCUT2D eigenvalue weighted by Gasteiger charge is -2.09. The first kappa shape index (κ1) is 14.8. The number of ether oxygens (including phenoxy) is 1. The third-order valence-electron chi connectivity index (χ3n) is 2.68. The molecule has 0 saturated carbocycles. The van der Waals surface area contributed by atoms with Crippen molar-refractivity contribution in [1.29, 1.82) is 0 Å². The zero-order chi connectivity index (χ0) is 14.8. The van der Waals surface area contributed by atoms with Crippen LogP contribution in [0, 0.1) is 0 Å². The highest BCUT2D eigenvalue weighted by Crippen LogP contribution is 2.28. The van der Waals surface area contributed by atoms with Crippen molar-refractivity contribution in [2.75, 3.05) is 12.8 Å². The van der Waals surface area contributed by atoms with Gasteiger partial charge in [-0.25, -0.2) is 13.4 Å². The zero-order valence-corrected chi connectivity index (χ0v) is 13.1. The summed E-state index contributed by atoms with van der Waals surface area (Å²) in [6, 6.07) is 7.95. The second kappa shape index (κ2) is 5.80. The minimum Gasteiger partial charge on any atom is -0.481 e. The van der Waals surface area contributed by atoms with Gasteiger partial charge in [0.1, 0.15) is 0 Å². The summed E-state index contributed by atoms with van der Waals surface area (Å²) in [5, 5.41) is 0. The number of rotatable bonds is 4. The smallest absolute Gasteiger partial charge is 0.217 e. The lowest BCUT2D eigenvalue weighted by atomic mass is 10.3. The van der Waals surface area contributed by atoms with Gasteiger partial charge in [0.05, 0.1) is 17.8 Å². The third kappa shape index (κ3) is 3.10. The lowest BCUT2D eigenvalue weighted by molar-refractivity contribution is 0.394. The Morgan fingerprint density at radius 1 is 1.35 bits per heavy atom. The molecule has 1 heterocycles. The van der Waals surface area contributed by atoms with E-state index in [1.54, 1.807) is 30.5 Å². The predicted molar refractivity (Wildman–Crippen MR) is 80.2 cm³/mol. The van der Waals surface area contributed by atoms with Crippen molar-refractivity contribution >= 4 is 31.5 Å². The number of pyridine rings is 1.